The minimum Gasteiger partial charge on any atom is -0.508 e. The number of aliphatic hydroxyl groups is 2. The molecule has 0 unspecified atom stereocenters. The molecule has 0 saturated carbocycles. The Morgan fingerprint density at radius 2 is 1.69 bits per heavy atom. The van der Waals surface area contributed by atoms with Crippen molar-refractivity contribution in [3.8, 4) is 5.75 Å². The highest BCUT2D eigenvalue weighted by Crippen LogP contribution is 2.22. The van der Waals surface area contributed by atoms with E-state index < -0.39 is 6.10 Å². The average molecular weight is 517 g/mol. The standard InChI is InChI=1S/C27H30Cl2N2O4/c1-17(30-15-26(34)21-5-6-25(33)22(12-21)16-32)7-18-3-2-4-19(8-18)11-27(35)31-14-20-9-23(28)13-24(29)10-20/h2-6,8-10,12-13,17,26,30,32-34H,7,11,14-16H2,1H3,(H,31,35)/t17-,26-/m1/s1. The lowest BCUT2D eigenvalue weighted by molar-refractivity contribution is -0.120. The third-order valence-electron chi connectivity index (χ3n) is 5.63. The van der Waals surface area contributed by atoms with Crippen molar-refractivity contribution in [3.05, 3.63) is 98.5 Å². The summed E-state index contributed by atoms with van der Waals surface area (Å²) in [5.41, 5.74) is 3.84. The molecular formula is C27H30Cl2N2O4. The number of phenols is 1. The largest absolute Gasteiger partial charge is 0.508 e. The van der Waals surface area contributed by atoms with Crippen molar-refractivity contribution in [1.82, 2.24) is 10.6 Å². The van der Waals surface area contributed by atoms with Crippen LogP contribution >= 0.6 is 23.2 Å². The van der Waals surface area contributed by atoms with Gasteiger partial charge in [0.15, 0.2) is 0 Å². The first-order valence-corrected chi connectivity index (χ1v) is 12.1. The zero-order chi connectivity index (χ0) is 25.4. The summed E-state index contributed by atoms with van der Waals surface area (Å²) in [5, 5.41) is 36.7. The number of halogens is 2. The van der Waals surface area contributed by atoms with Gasteiger partial charge in [-0.2, -0.15) is 0 Å². The van der Waals surface area contributed by atoms with E-state index in [-0.39, 0.29) is 30.7 Å². The fourth-order valence-corrected chi connectivity index (χ4v) is 4.40. The summed E-state index contributed by atoms with van der Waals surface area (Å²) in [4.78, 5) is 12.4. The quantitative estimate of drug-likeness (QED) is 0.261. The van der Waals surface area contributed by atoms with E-state index in [0.29, 0.717) is 34.3 Å². The molecular weight excluding hydrogens is 487 g/mol. The minimum atomic E-state index is -0.771. The predicted octanol–water partition coefficient (Wildman–Crippen LogP) is 4.30. The average Bonchev–Trinajstić information content (AvgIpc) is 2.81. The number of rotatable bonds is 11. The molecule has 5 N–H and O–H groups in total. The molecule has 8 heteroatoms. The van der Waals surface area contributed by atoms with Crippen LogP contribution in [0.3, 0.4) is 0 Å². The van der Waals surface area contributed by atoms with Crippen molar-refractivity contribution in [2.45, 2.75) is 45.1 Å². The number of aliphatic hydroxyl groups excluding tert-OH is 2. The van der Waals surface area contributed by atoms with Gasteiger partial charge < -0.3 is 26.0 Å². The van der Waals surface area contributed by atoms with Gasteiger partial charge in [-0.15, -0.1) is 0 Å². The number of hydrogen-bond donors (Lipinski definition) is 5. The molecule has 6 nitrogen and oxygen atoms in total. The van der Waals surface area contributed by atoms with Crippen LogP contribution in [0.2, 0.25) is 10.0 Å². The van der Waals surface area contributed by atoms with Gasteiger partial charge in [-0.3, -0.25) is 4.79 Å². The van der Waals surface area contributed by atoms with Crippen LogP contribution in [0.4, 0.5) is 0 Å². The Morgan fingerprint density at radius 1 is 0.971 bits per heavy atom. The summed E-state index contributed by atoms with van der Waals surface area (Å²) in [6.45, 7) is 2.41. The maximum atomic E-state index is 12.4. The molecule has 3 rings (SSSR count). The van der Waals surface area contributed by atoms with Gasteiger partial charge in [-0.1, -0.05) is 53.5 Å². The number of amides is 1. The summed E-state index contributed by atoms with van der Waals surface area (Å²) < 4.78 is 0. The van der Waals surface area contributed by atoms with Gasteiger partial charge in [-0.25, -0.2) is 0 Å². The summed E-state index contributed by atoms with van der Waals surface area (Å²) in [6, 6.07) is 17.9. The van der Waals surface area contributed by atoms with Crippen LogP contribution in [0, 0.1) is 0 Å². The predicted molar refractivity (Wildman–Crippen MR) is 139 cm³/mol. The molecule has 0 spiro atoms. The summed E-state index contributed by atoms with van der Waals surface area (Å²) >= 11 is 12.0. The van der Waals surface area contributed by atoms with E-state index in [2.05, 4.69) is 10.6 Å². The van der Waals surface area contributed by atoms with Crippen LogP contribution in [0.5, 0.6) is 5.75 Å². The minimum absolute atomic E-state index is 0.00667. The summed E-state index contributed by atoms with van der Waals surface area (Å²) in [5.74, 6) is -0.0871. The van der Waals surface area contributed by atoms with E-state index in [0.717, 1.165) is 23.1 Å². The van der Waals surface area contributed by atoms with Gasteiger partial charge in [0.25, 0.3) is 0 Å². The van der Waals surface area contributed by atoms with E-state index >= 15 is 0 Å². The maximum Gasteiger partial charge on any atom is 0.224 e. The molecule has 3 aromatic rings. The van der Waals surface area contributed by atoms with Gasteiger partial charge in [0.1, 0.15) is 5.75 Å². The Hall–Kier alpha value is -2.61. The van der Waals surface area contributed by atoms with E-state index in [1.54, 1.807) is 30.3 Å². The van der Waals surface area contributed by atoms with E-state index in [1.165, 1.54) is 6.07 Å². The van der Waals surface area contributed by atoms with E-state index in [9.17, 15) is 20.1 Å². The highest BCUT2D eigenvalue weighted by Gasteiger charge is 2.13. The van der Waals surface area contributed by atoms with Crippen LogP contribution in [-0.2, 0) is 30.8 Å². The third-order valence-corrected chi connectivity index (χ3v) is 6.06. The topological polar surface area (TPSA) is 102 Å². The van der Waals surface area contributed by atoms with Crippen LogP contribution in [-0.4, -0.2) is 33.8 Å². The smallest absolute Gasteiger partial charge is 0.224 e. The van der Waals surface area contributed by atoms with Gasteiger partial charge in [0.2, 0.25) is 5.91 Å². The number of nitrogens with one attached hydrogen (secondary N) is 2. The molecule has 0 bridgehead atoms. The fourth-order valence-electron chi connectivity index (χ4n) is 3.82. The molecule has 1 amide bonds. The molecule has 0 aromatic heterocycles. The highest BCUT2D eigenvalue weighted by atomic mass is 35.5. The molecule has 0 saturated heterocycles. The monoisotopic (exact) mass is 516 g/mol. The van der Waals surface area contributed by atoms with Crippen molar-refractivity contribution >= 4 is 29.1 Å². The molecule has 3 aromatic carbocycles. The summed E-state index contributed by atoms with van der Waals surface area (Å²) in [6.07, 6.45) is 0.213. The molecule has 186 valence electrons. The van der Waals surface area contributed by atoms with E-state index in [1.807, 2.05) is 31.2 Å². The van der Waals surface area contributed by atoms with Crippen LogP contribution in [0.1, 0.15) is 40.8 Å². The Kier molecular flexibility index (Phi) is 9.95. The number of aromatic hydroxyl groups is 1. The third kappa shape index (κ3) is 8.53. The maximum absolute atomic E-state index is 12.4. The first kappa shape index (κ1) is 27.0. The first-order chi connectivity index (χ1) is 16.7. The zero-order valence-electron chi connectivity index (χ0n) is 19.5. The molecule has 0 fully saturated rings. The highest BCUT2D eigenvalue weighted by molar-refractivity contribution is 6.34. The molecule has 0 heterocycles. The second-order valence-corrected chi connectivity index (χ2v) is 9.50. The van der Waals surface area contributed by atoms with Crippen molar-refractivity contribution in [2.75, 3.05) is 6.54 Å². The van der Waals surface area contributed by atoms with Crippen LogP contribution in [0.15, 0.2) is 60.7 Å². The normalized spacial score (nSPS) is 12.8. The molecule has 0 aliphatic rings. The molecule has 35 heavy (non-hydrogen) atoms. The fraction of sp³-hybridized carbons (Fsp3) is 0.296. The number of carbonyl (C=O) groups is 1. The second-order valence-electron chi connectivity index (χ2n) is 8.63. The lowest BCUT2D eigenvalue weighted by Crippen LogP contribution is -2.32. The summed E-state index contributed by atoms with van der Waals surface area (Å²) in [7, 11) is 0. The lowest BCUT2D eigenvalue weighted by Gasteiger charge is -2.18. The zero-order valence-corrected chi connectivity index (χ0v) is 21.0. The van der Waals surface area contributed by atoms with Crippen molar-refractivity contribution in [2.24, 2.45) is 0 Å². The van der Waals surface area contributed by atoms with Crippen LogP contribution < -0.4 is 10.6 Å². The Balaban J connectivity index is 1.48. The molecule has 0 radical (unpaired) electrons. The number of hydrogen-bond acceptors (Lipinski definition) is 5. The Labute approximate surface area is 215 Å². The van der Waals surface area contributed by atoms with Crippen molar-refractivity contribution < 1.29 is 20.1 Å². The molecule has 2 atom stereocenters. The Morgan fingerprint density at radius 3 is 2.40 bits per heavy atom. The van der Waals surface area contributed by atoms with Gasteiger partial charge in [0, 0.05) is 34.7 Å². The molecule has 0 aliphatic heterocycles. The number of benzene rings is 3. The van der Waals surface area contributed by atoms with Crippen molar-refractivity contribution in [3.63, 3.8) is 0 Å². The molecule has 0 aliphatic carbocycles. The Bertz CT molecular complexity index is 1140. The van der Waals surface area contributed by atoms with E-state index in [4.69, 9.17) is 23.2 Å². The second kappa shape index (κ2) is 12.9. The van der Waals surface area contributed by atoms with Gasteiger partial charge >= 0.3 is 0 Å². The number of carbonyl (C=O) groups excluding carboxylic acids is 1. The van der Waals surface area contributed by atoms with Crippen molar-refractivity contribution in [1.29, 1.82) is 0 Å². The van der Waals surface area contributed by atoms with Gasteiger partial charge in [0.05, 0.1) is 19.1 Å². The van der Waals surface area contributed by atoms with Gasteiger partial charge in [-0.05, 0) is 65.9 Å². The lowest BCUT2D eigenvalue weighted by atomic mass is 10.0. The SMILES string of the molecule is C[C@H](Cc1cccc(CC(=O)NCc2cc(Cl)cc(Cl)c2)c1)NC[C@@H](O)c1ccc(O)c(CO)c1. The first-order valence-electron chi connectivity index (χ1n) is 11.4. The van der Waals surface area contributed by atoms with Crippen LogP contribution in [0.25, 0.3) is 0 Å².